The Bertz CT molecular complexity index is 650. The Morgan fingerprint density at radius 3 is 2.65 bits per heavy atom. The van der Waals surface area contributed by atoms with Crippen LogP contribution in [-0.4, -0.2) is 30.0 Å². The highest BCUT2D eigenvalue weighted by molar-refractivity contribution is 14.1. The Morgan fingerprint density at radius 1 is 1.30 bits per heavy atom. The van der Waals surface area contributed by atoms with E-state index >= 15 is 0 Å². The maximum Gasteiger partial charge on any atom is 0.407 e. The van der Waals surface area contributed by atoms with Gasteiger partial charge in [0.05, 0.1) is 6.54 Å². The number of hydrogen-bond donors (Lipinski definition) is 1. The Morgan fingerprint density at radius 2 is 2.00 bits per heavy atom. The molecule has 0 spiro atoms. The lowest BCUT2D eigenvalue weighted by molar-refractivity contribution is 0.0519. The molecule has 1 N–H and O–H groups in total. The lowest BCUT2D eigenvalue weighted by atomic mass is 10.2. The van der Waals surface area contributed by atoms with Crippen LogP contribution in [0, 0.1) is 3.57 Å². The second-order valence-electron chi connectivity index (χ2n) is 5.77. The zero-order chi connectivity index (χ0) is 16.9. The van der Waals surface area contributed by atoms with E-state index in [2.05, 4.69) is 33.1 Å². The van der Waals surface area contributed by atoms with Crippen LogP contribution in [0.2, 0.25) is 0 Å². The summed E-state index contributed by atoms with van der Waals surface area (Å²) in [5.41, 5.74) is 0.419. The van der Waals surface area contributed by atoms with Crippen LogP contribution >= 0.6 is 22.6 Å². The molecule has 124 valence electrons. The quantitative estimate of drug-likeness (QED) is 0.577. The summed E-state index contributed by atoms with van der Waals surface area (Å²) in [5, 5.41) is 6.54. The predicted molar refractivity (Wildman–Crippen MR) is 94.4 cm³/mol. The molecule has 1 heterocycles. The van der Waals surface area contributed by atoms with Crippen LogP contribution in [0.1, 0.15) is 20.8 Å². The molecule has 6 nitrogen and oxygen atoms in total. The van der Waals surface area contributed by atoms with E-state index in [-0.39, 0.29) is 6.61 Å². The molecule has 2 rings (SSSR count). The molecule has 0 aliphatic carbocycles. The molecular weight excluding hydrogens is 411 g/mol. The number of amides is 1. The van der Waals surface area contributed by atoms with Gasteiger partial charge in [0.15, 0.2) is 5.76 Å². The fraction of sp³-hybridized carbons (Fsp3) is 0.375. The third-order valence-electron chi connectivity index (χ3n) is 2.65. The number of nitrogens with zero attached hydrogens (tertiary/aromatic N) is 1. The lowest BCUT2D eigenvalue weighted by Crippen LogP contribution is -2.34. The number of nitrogens with one attached hydrogen (secondary N) is 1. The summed E-state index contributed by atoms with van der Waals surface area (Å²) in [7, 11) is 0. The van der Waals surface area contributed by atoms with Crippen molar-refractivity contribution in [1.82, 2.24) is 10.5 Å². The van der Waals surface area contributed by atoms with Gasteiger partial charge in [0.2, 0.25) is 0 Å². The summed E-state index contributed by atoms with van der Waals surface area (Å²) in [4.78, 5) is 11.5. The first-order valence-corrected chi connectivity index (χ1v) is 8.25. The summed E-state index contributed by atoms with van der Waals surface area (Å²) in [6.45, 7) is 6.03. The van der Waals surface area contributed by atoms with E-state index in [1.165, 1.54) is 0 Å². The molecule has 0 saturated carbocycles. The van der Waals surface area contributed by atoms with E-state index in [0.717, 1.165) is 9.13 Å². The number of hydrogen-bond acceptors (Lipinski definition) is 5. The van der Waals surface area contributed by atoms with Gasteiger partial charge in [0, 0.05) is 5.56 Å². The number of carbonyl (C=O) groups is 1. The summed E-state index contributed by atoms with van der Waals surface area (Å²) < 4.78 is 16.8. The molecule has 1 aromatic carbocycles. The lowest BCUT2D eigenvalue weighted by Gasteiger charge is -2.19. The third kappa shape index (κ3) is 5.42. The SMILES string of the molecule is CC(C)(C)OC(=O)NCCOc1noc(-c2ccccc2)c1I. The van der Waals surface area contributed by atoms with Gasteiger partial charge in [-0.25, -0.2) is 4.79 Å². The minimum Gasteiger partial charge on any atom is -0.473 e. The van der Waals surface area contributed by atoms with Crippen molar-refractivity contribution in [2.24, 2.45) is 0 Å². The first-order chi connectivity index (χ1) is 10.9. The molecule has 23 heavy (non-hydrogen) atoms. The maximum atomic E-state index is 11.5. The molecule has 0 saturated heterocycles. The minimum absolute atomic E-state index is 0.274. The molecule has 0 unspecified atom stereocenters. The predicted octanol–water partition coefficient (Wildman–Crippen LogP) is 3.85. The molecule has 1 amide bonds. The molecule has 0 atom stereocenters. The number of benzene rings is 1. The fourth-order valence-electron chi connectivity index (χ4n) is 1.74. The van der Waals surface area contributed by atoms with Gasteiger partial charge in [-0.1, -0.05) is 30.3 Å². The Kier molecular flexibility index (Phi) is 5.86. The Labute approximate surface area is 148 Å². The van der Waals surface area contributed by atoms with E-state index < -0.39 is 11.7 Å². The van der Waals surface area contributed by atoms with Gasteiger partial charge in [-0.3, -0.25) is 0 Å². The number of aromatic nitrogens is 1. The summed E-state index contributed by atoms with van der Waals surface area (Å²) in [6.07, 6.45) is -0.471. The van der Waals surface area contributed by atoms with Crippen molar-refractivity contribution in [3.8, 4) is 17.2 Å². The van der Waals surface area contributed by atoms with Gasteiger partial charge in [-0.05, 0) is 48.5 Å². The number of ether oxygens (including phenoxy) is 2. The monoisotopic (exact) mass is 430 g/mol. The molecular formula is C16H19IN2O4. The fourth-order valence-corrected chi connectivity index (χ4v) is 2.40. The second kappa shape index (κ2) is 7.67. The van der Waals surface area contributed by atoms with Gasteiger partial charge < -0.3 is 19.3 Å². The Hall–Kier alpha value is -1.77. The zero-order valence-corrected chi connectivity index (χ0v) is 15.4. The van der Waals surface area contributed by atoms with Gasteiger partial charge in [-0.15, -0.1) is 0 Å². The van der Waals surface area contributed by atoms with E-state index in [4.69, 9.17) is 14.0 Å². The van der Waals surface area contributed by atoms with Crippen LogP contribution in [0.3, 0.4) is 0 Å². The second-order valence-corrected chi connectivity index (χ2v) is 6.85. The molecule has 2 aromatic rings. The van der Waals surface area contributed by atoms with Crippen molar-refractivity contribution >= 4 is 28.7 Å². The first-order valence-electron chi connectivity index (χ1n) is 7.17. The highest BCUT2D eigenvalue weighted by atomic mass is 127. The molecule has 0 aliphatic heterocycles. The molecule has 0 bridgehead atoms. The van der Waals surface area contributed by atoms with Crippen LogP contribution in [0.25, 0.3) is 11.3 Å². The largest absolute Gasteiger partial charge is 0.473 e. The normalized spacial score (nSPS) is 11.1. The van der Waals surface area contributed by atoms with Gasteiger partial charge in [0.1, 0.15) is 15.8 Å². The number of halogens is 1. The molecule has 0 radical (unpaired) electrons. The van der Waals surface area contributed by atoms with Crippen molar-refractivity contribution in [3.63, 3.8) is 0 Å². The van der Waals surface area contributed by atoms with E-state index in [1.807, 2.05) is 51.1 Å². The van der Waals surface area contributed by atoms with Gasteiger partial charge in [-0.2, -0.15) is 0 Å². The third-order valence-corrected chi connectivity index (χ3v) is 3.60. The molecule has 1 aromatic heterocycles. The van der Waals surface area contributed by atoms with Crippen molar-refractivity contribution in [2.75, 3.05) is 13.2 Å². The number of rotatable bonds is 5. The van der Waals surface area contributed by atoms with E-state index in [9.17, 15) is 4.79 Å². The summed E-state index contributed by atoms with van der Waals surface area (Å²) in [5.74, 6) is 1.08. The smallest absolute Gasteiger partial charge is 0.407 e. The molecule has 0 aliphatic rings. The van der Waals surface area contributed by atoms with E-state index in [1.54, 1.807) is 0 Å². The van der Waals surface area contributed by atoms with Gasteiger partial charge >= 0.3 is 6.09 Å². The average Bonchev–Trinajstić information content (AvgIpc) is 2.84. The summed E-state index contributed by atoms with van der Waals surface area (Å²) in [6, 6.07) is 9.68. The highest BCUT2D eigenvalue weighted by Gasteiger charge is 2.17. The topological polar surface area (TPSA) is 73.6 Å². The first kappa shape index (κ1) is 17.6. The van der Waals surface area contributed by atoms with Crippen molar-refractivity contribution in [1.29, 1.82) is 0 Å². The highest BCUT2D eigenvalue weighted by Crippen LogP contribution is 2.31. The van der Waals surface area contributed by atoms with Crippen LogP contribution in [-0.2, 0) is 4.74 Å². The number of carbonyl (C=O) groups excluding carboxylic acids is 1. The van der Waals surface area contributed by atoms with Crippen molar-refractivity contribution in [2.45, 2.75) is 26.4 Å². The minimum atomic E-state index is -0.517. The maximum absolute atomic E-state index is 11.5. The molecule has 7 heteroatoms. The summed E-state index contributed by atoms with van der Waals surface area (Å²) >= 11 is 2.13. The van der Waals surface area contributed by atoms with Crippen LogP contribution < -0.4 is 10.1 Å². The van der Waals surface area contributed by atoms with Crippen molar-refractivity contribution < 1.29 is 18.8 Å². The standard InChI is InChI=1S/C16H19IN2O4/c1-16(2,3)22-15(20)18-9-10-21-14-12(17)13(23-19-14)11-7-5-4-6-8-11/h4-8H,9-10H2,1-3H3,(H,18,20). The molecule has 0 fully saturated rings. The Balaban J connectivity index is 1.83. The van der Waals surface area contributed by atoms with Gasteiger partial charge in [0.25, 0.3) is 5.88 Å². The van der Waals surface area contributed by atoms with Crippen molar-refractivity contribution in [3.05, 3.63) is 33.9 Å². The van der Waals surface area contributed by atoms with Crippen LogP contribution in [0.5, 0.6) is 5.88 Å². The number of alkyl carbamates (subject to hydrolysis) is 1. The van der Waals surface area contributed by atoms with E-state index in [0.29, 0.717) is 18.2 Å². The van der Waals surface area contributed by atoms with Crippen LogP contribution in [0.4, 0.5) is 4.79 Å². The van der Waals surface area contributed by atoms with Crippen LogP contribution in [0.15, 0.2) is 34.9 Å². The zero-order valence-electron chi connectivity index (χ0n) is 13.3. The average molecular weight is 430 g/mol.